The van der Waals surface area contributed by atoms with Gasteiger partial charge in [-0.25, -0.2) is 0 Å². The van der Waals surface area contributed by atoms with E-state index in [4.69, 9.17) is 4.74 Å². The fraction of sp³-hybridized carbons (Fsp3) is 0.588. The highest BCUT2D eigenvalue weighted by Crippen LogP contribution is 2.20. The molecule has 0 bridgehead atoms. The Labute approximate surface area is 121 Å². The number of aryl methyl sites for hydroxylation is 2. The summed E-state index contributed by atoms with van der Waals surface area (Å²) < 4.78 is 5.50. The van der Waals surface area contributed by atoms with Crippen molar-refractivity contribution in [2.45, 2.75) is 39.7 Å². The summed E-state index contributed by atoms with van der Waals surface area (Å²) in [5.74, 6) is 0.300. The molecule has 20 heavy (non-hydrogen) atoms. The molecular weight excluding hydrogens is 250 g/mol. The van der Waals surface area contributed by atoms with E-state index in [2.05, 4.69) is 38.2 Å². The normalized spacial score (nSPS) is 22.1. The van der Waals surface area contributed by atoms with E-state index in [1.165, 1.54) is 16.7 Å². The second kappa shape index (κ2) is 7.00. The molecule has 2 unspecified atom stereocenters. The fourth-order valence-corrected chi connectivity index (χ4v) is 2.84. The summed E-state index contributed by atoms with van der Waals surface area (Å²) in [6.07, 6.45) is 1.60. The summed E-state index contributed by atoms with van der Waals surface area (Å²) >= 11 is 0. The molecule has 0 saturated carbocycles. The first kappa shape index (κ1) is 15.2. The number of benzene rings is 1. The van der Waals surface area contributed by atoms with Gasteiger partial charge in [-0.3, -0.25) is 4.79 Å². The highest BCUT2D eigenvalue weighted by atomic mass is 16.5. The number of hydrogen-bond donors (Lipinski definition) is 1. The van der Waals surface area contributed by atoms with Gasteiger partial charge >= 0.3 is 0 Å². The van der Waals surface area contributed by atoms with Gasteiger partial charge in [0.1, 0.15) is 5.78 Å². The van der Waals surface area contributed by atoms with Crippen molar-refractivity contribution in [3.63, 3.8) is 0 Å². The summed E-state index contributed by atoms with van der Waals surface area (Å²) in [6.45, 7) is 8.45. The van der Waals surface area contributed by atoms with Crippen LogP contribution in [0.5, 0.6) is 0 Å². The minimum absolute atomic E-state index is 0.000515. The zero-order valence-electron chi connectivity index (χ0n) is 12.7. The Morgan fingerprint density at radius 1 is 1.30 bits per heavy atom. The van der Waals surface area contributed by atoms with Gasteiger partial charge in [0.2, 0.25) is 0 Å². The second-order valence-electron chi connectivity index (χ2n) is 5.72. The van der Waals surface area contributed by atoms with Gasteiger partial charge in [-0.05, 0) is 43.5 Å². The standard InChI is InChI=1S/C17H25NO2/c1-4-8-18-16-11-20-10-15(16)17(19)9-14-12(2)6-5-7-13(14)3/h5-7,15-16,18H,4,8-11H2,1-3H3. The number of hydrogen-bond acceptors (Lipinski definition) is 3. The van der Waals surface area contributed by atoms with Crippen molar-refractivity contribution < 1.29 is 9.53 Å². The maximum atomic E-state index is 12.6. The third-order valence-electron chi connectivity index (χ3n) is 4.15. The lowest BCUT2D eigenvalue weighted by molar-refractivity contribution is -0.122. The third-order valence-corrected chi connectivity index (χ3v) is 4.15. The average molecular weight is 275 g/mol. The van der Waals surface area contributed by atoms with Gasteiger partial charge < -0.3 is 10.1 Å². The number of ether oxygens (including phenoxy) is 1. The van der Waals surface area contributed by atoms with E-state index in [1.807, 2.05) is 6.07 Å². The number of carbonyl (C=O) groups excluding carboxylic acids is 1. The quantitative estimate of drug-likeness (QED) is 0.866. The zero-order chi connectivity index (χ0) is 14.5. The molecule has 1 N–H and O–H groups in total. The van der Waals surface area contributed by atoms with Crippen LogP contribution in [-0.2, 0) is 16.0 Å². The molecule has 2 atom stereocenters. The molecule has 1 aromatic rings. The van der Waals surface area contributed by atoms with Crippen LogP contribution < -0.4 is 5.32 Å². The predicted octanol–water partition coefficient (Wildman–Crippen LogP) is 2.43. The van der Waals surface area contributed by atoms with E-state index in [9.17, 15) is 4.79 Å². The summed E-state index contributed by atoms with van der Waals surface area (Å²) in [7, 11) is 0. The van der Waals surface area contributed by atoms with Crippen LogP contribution in [0.4, 0.5) is 0 Å². The minimum atomic E-state index is 0.000515. The van der Waals surface area contributed by atoms with Crippen molar-refractivity contribution in [3.8, 4) is 0 Å². The molecule has 0 spiro atoms. The number of ketones is 1. The van der Waals surface area contributed by atoms with E-state index in [0.717, 1.165) is 13.0 Å². The molecule has 1 saturated heterocycles. The molecule has 3 nitrogen and oxygen atoms in total. The van der Waals surface area contributed by atoms with Gasteiger partial charge in [0.25, 0.3) is 0 Å². The topological polar surface area (TPSA) is 38.3 Å². The van der Waals surface area contributed by atoms with Crippen molar-refractivity contribution in [1.29, 1.82) is 0 Å². The van der Waals surface area contributed by atoms with Crippen LogP contribution in [0.2, 0.25) is 0 Å². The molecule has 1 fully saturated rings. The van der Waals surface area contributed by atoms with E-state index < -0.39 is 0 Å². The van der Waals surface area contributed by atoms with E-state index in [-0.39, 0.29) is 12.0 Å². The largest absolute Gasteiger partial charge is 0.379 e. The summed E-state index contributed by atoms with van der Waals surface area (Å²) in [5, 5.41) is 3.43. The Balaban J connectivity index is 2.04. The lowest BCUT2D eigenvalue weighted by atomic mass is 9.90. The Morgan fingerprint density at radius 3 is 2.65 bits per heavy atom. The Hall–Kier alpha value is -1.19. The maximum absolute atomic E-state index is 12.6. The second-order valence-corrected chi connectivity index (χ2v) is 5.72. The first-order valence-electron chi connectivity index (χ1n) is 7.52. The molecule has 0 aliphatic carbocycles. The van der Waals surface area contributed by atoms with Crippen LogP contribution in [0.1, 0.15) is 30.0 Å². The van der Waals surface area contributed by atoms with Crippen molar-refractivity contribution in [1.82, 2.24) is 5.32 Å². The van der Waals surface area contributed by atoms with Gasteiger partial charge in [0.15, 0.2) is 0 Å². The SMILES string of the molecule is CCCNC1COCC1C(=O)Cc1c(C)cccc1C. The molecule has 0 amide bonds. The van der Waals surface area contributed by atoms with Crippen LogP contribution in [0.25, 0.3) is 0 Å². The zero-order valence-corrected chi connectivity index (χ0v) is 12.7. The number of Topliss-reactive ketones (excluding diaryl/α,β-unsaturated/α-hetero) is 1. The van der Waals surface area contributed by atoms with Gasteiger partial charge in [-0.15, -0.1) is 0 Å². The van der Waals surface area contributed by atoms with Gasteiger partial charge in [-0.1, -0.05) is 25.1 Å². The number of nitrogens with one attached hydrogen (secondary N) is 1. The molecule has 0 aromatic heterocycles. The molecule has 0 radical (unpaired) electrons. The first-order chi connectivity index (χ1) is 9.63. The molecule has 110 valence electrons. The van der Waals surface area contributed by atoms with Gasteiger partial charge in [-0.2, -0.15) is 0 Å². The van der Waals surface area contributed by atoms with Gasteiger partial charge in [0, 0.05) is 12.5 Å². The number of rotatable bonds is 6. The van der Waals surface area contributed by atoms with Crippen LogP contribution in [-0.4, -0.2) is 31.6 Å². The van der Waals surface area contributed by atoms with E-state index >= 15 is 0 Å². The average Bonchev–Trinajstić information content (AvgIpc) is 2.89. The van der Waals surface area contributed by atoms with Crippen molar-refractivity contribution in [3.05, 3.63) is 34.9 Å². The summed E-state index contributed by atoms with van der Waals surface area (Å²) in [4.78, 5) is 12.6. The Bertz CT molecular complexity index is 450. The summed E-state index contributed by atoms with van der Waals surface area (Å²) in [6, 6.07) is 6.39. The highest BCUT2D eigenvalue weighted by molar-refractivity contribution is 5.85. The van der Waals surface area contributed by atoms with Crippen LogP contribution in [0, 0.1) is 19.8 Å². The fourth-order valence-electron chi connectivity index (χ4n) is 2.84. The maximum Gasteiger partial charge on any atom is 0.144 e. The molecule has 2 rings (SSSR count). The Kier molecular flexibility index (Phi) is 5.32. The third kappa shape index (κ3) is 3.47. The van der Waals surface area contributed by atoms with Crippen molar-refractivity contribution >= 4 is 5.78 Å². The molecule has 1 heterocycles. The lowest BCUT2D eigenvalue weighted by Gasteiger charge is -2.18. The molecule has 3 heteroatoms. The van der Waals surface area contributed by atoms with Crippen LogP contribution >= 0.6 is 0 Å². The highest BCUT2D eigenvalue weighted by Gasteiger charge is 2.33. The lowest BCUT2D eigenvalue weighted by Crippen LogP contribution is -2.40. The Morgan fingerprint density at radius 2 is 2.00 bits per heavy atom. The van der Waals surface area contributed by atoms with E-state index in [0.29, 0.717) is 25.4 Å². The molecule has 1 aliphatic rings. The molecular formula is C17H25NO2. The van der Waals surface area contributed by atoms with Crippen molar-refractivity contribution in [2.75, 3.05) is 19.8 Å². The monoisotopic (exact) mass is 275 g/mol. The predicted molar refractivity (Wildman–Crippen MR) is 81.0 cm³/mol. The van der Waals surface area contributed by atoms with Crippen LogP contribution in [0.3, 0.4) is 0 Å². The van der Waals surface area contributed by atoms with Gasteiger partial charge in [0.05, 0.1) is 19.1 Å². The molecule has 1 aromatic carbocycles. The smallest absolute Gasteiger partial charge is 0.144 e. The molecule has 1 aliphatic heterocycles. The minimum Gasteiger partial charge on any atom is -0.379 e. The number of carbonyl (C=O) groups is 1. The van der Waals surface area contributed by atoms with Crippen LogP contribution in [0.15, 0.2) is 18.2 Å². The first-order valence-corrected chi connectivity index (χ1v) is 7.52. The van der Waals surface area contributed by atoms with E-state index in [1.54, 1.807) is 0 Å². The van der Waals surface area contributed by atoms with Crippen molar-refractivity contribution in [2.24, 2.45) is 5.92 Å². The summed E-state index contributed by atoms with van der Waals surface area (Å²) in [5.41, 5.74) is 3.59.